The van der Waals surface area contributed by atoms with E-state index in [-0.39, 0.29) is 11.2 Å². The van der Waals surface area contributed by atoms with Gasteiger partial charge in [0.15, 0.2) is 11.2 Å². The van der Waals surface area contributed by atoms with Crippen molar-refractivity contribution in [2.24, 2.45) is 23.2 Å². The molecule has 3 N–H and O–H groups in total. The van der Waals surface area contributed by atoms with Crippen LogP contribution in [0.2, 0.25) is 0 Å². The van der Waals surface area contributed by atoms with Gasteiger partial charge in [-0.1, -0.05) is 13.8 Å². The number of benzene rings is 1. The molecule has 2 heterocycles. The Kier molecular flexibility index (Phi) is 5.36. The van der Waals surface area contributed by atoms with Crippen molar-refractivity contribution in [1.82, 2.24) is 9.97 Å². The van der Waals surface area contributed by atoms with Gasteiger partial charge in [-0.25, -0.2) is 4.98 Å². The van der Waals surface area contributed by atoms with Crippen LogP contribution in [0.25, 0.3) is 22.7 Å². The number of hydrogen-bond donors (Lipinski definition) is 3. The van der Waals surface area contributed by atoms with Crippen LogP contribution < -0.4 is 5.32 Å². The molecular weight excluding hydrogens is 402 g/mol. The lowest BCUT2D eigenvalue weighted by Gasteiger charge is -2.51. The normalized spacial score (nSPS) is 28.6. The second-order valence-corrected chi connectivity index (χ2v) is 10.6. The highest BCUT2D eigenvalue weighted by molar-refractivity contribution is 5.77. The SMILES string of the molecule is Cc1cc(NC(O)CC23CC(C)CC(CC(C)C2)C3)cc(-c2nc3ncccc3o2)c1O. The number of anilines is 1. The standard InChI is InChI=1S/C26H33N3O3/c1-15-7-18-8-16(2)12-26(11-15,13-18)14-22(30)28-19-9-17(3)23(31)20(10-19)25-29-24-21(32-25)5-4-6-27-24/h4-6,9-10,15-16,18,22,28,30-31H,7-8,11-14H2,1-3H3. The molecule has 2 aliphatic carbocycles. The Morgan fingerprint density at radius 1 is 1.19 bits per heavy atom. The first-order valence-corrected chi connectivity index (χ1v) is 11.8. The summed E-state index contributed by atoms with van der Waals surface area (Å²) in [6.45, 7) is 6.56. The minimum absolute atomic E-state index is 0.125. The third kappa shape index (κ3) is 4.08. The molecule has 6 nitrogen and oxygen atoms in total. The van der Waals surface area contributed by atoms with E-state index in [0.29, 0.717) is 28.2 Å². The molecule has 5 rings (SSSR count). The predicted molar refractivity (Wildman–Crippen MR) is 125 cm³/mol. The number of fused-ring (bicyclic) bond motifs is 3. The number of aromatic hydroxyl groups is 1. The van der Waals surface area contributed by atoms with E-state index in [1.54, 1.807) is 24.4 Å². The smallest absolute Gasteiger partial charge is 0.232 e. The first kappa shape index (κ1) is 21.3. The molecule has 2 saturated carbocycles. The Balaban J connectivity index is 1.38. The van der Waals surface area contributed by atoms with Crippen molar-refractivity contribution >= 4 is 16.9 Å². The second kappa shape index (κ2) is 8.07. The van der Waals surface area contributed by atoms with Crippen molar-refractivity contribution in [3.8, 4) is 17.2 Å². The summed E-state index contributed by atoms with van der Waals surface area (Å²) in [5.74, 6) is 2.69. The zero-order chi connectivity index (χ0) is 22.5. The summed E-state index contributed by atoms with van der Waals surface area (Å²) in [4.78, 5) is 8.64. The molecule has 0 aliphatic heterocycles. The van der Waals surface area contributed by atoms with Crippen molar-refractivity contribution in [1.29, 1.82) is 0 Å². The first-order valence-electron chi connectivity index (χ1n) is 11.8. The quantitative estimate of drug-likeness (QED) is 0.343. The van der Waals surface area contributed by atoms with Crippen LogP contribution in [0, 0.1) is 30.1 Å². The van der Waals surface area contributed by atoms with Crippen LogP contribution in [-0.4, -0.2) is 26.4 Å². The largest absolute Gasteiger partial charge is 0.507 e. The predicted octanol–water partition coefficient (Wildman–Crippen LogP) is 5.88. The minimum atomic E-state index is -0.645. The maximum Gasteiger partial charge on any atom is 0.232 e. The van der Waals surface area contributed by atoms with Gasteiger partial charge in [-0.05, 0) is 98.4 Å². The molecule has 2 bridgehead atoms. The number of hydrogen-bond acceptors (Lipinski definition) is 6. The molecule has 3 atom stereocenters. The molecule has 0 amide bonds. The number of aromatic nitrogens is 2. The van der Waals surface area contributed by atoms with E-state index in [2.05, 4.69) is 29.1 Å². The van der Waals surface area contributed by atoms with Crippen molar-refractivity contribution in [2.45, 2.75) is 65.5 Å². The molecule has 0 saturated heterocycles. The summed E-state index contributed by atoms with van der Waals surface area (Å²) >= 11 is 0. The van der Waals surface area contributed by atoms with E-state index in [1.165, 1.54) is 32.1 Å². The third-order valence-corrected chi connectivity index (χ3v) is 7.41. The number of aryl methyl sites for hydroxylation is 1. The van der Waals surface area contributed by atoms with E-state index >= 15 is 0 Å². The third-order valence-electron chi connectivity index (χ3n) is 7.41. The van der Waals surface area contributed by atoms with Crippen LogP contribution in [0.5, 0.6) is 5.75 Å². The molecular formula is C26H33N3O3. The maximum absolute atomic E-state index is 11.0. The Morgan fingerprint density at radius 3 is 2.66 bits per heavy atom. The van der Waals surface area contributed by atoms with E-state index < -0.39 is 6.23 Å². The molecule has 2 fully saturated rings. The van der Waals surface area contributed by atoms with E-state index in [9.17, 15) is 10.2 Å². The Labute approximate surface area is 189 Å². The Hall–Kier alpha value is -2.60. The molecule has 0 radical (unpaired) electrons. The van der Waals surface area contributed by atoms with Gasteiger partial charge in [0.1, 0.15) is 12.0 Å². The number of oxazole rings is 1. The number of rotatable bonds is 5. The number of aliphatic hydroxyl groups is 1. The summed E-state index contributed by atoms with van der Waals surface area (Å²) in [5, 5.41) is 25.0. The maximum atomic E-state index is 11.0. The Bertz CT molecular complexity index is 1070. The molecule has 3 aromatic rings. The molecule has 32 heavy (non-hydrogen) atoms. The molecule has 170 valence electrons. The lowest BCUT2D eigenvalue weighted by atomic mass is 9.55. The van der Waals surface area contributed by atoms with Crippen LogP contribution in [0.3, 0.4) is 0 Å². The molecule has 0 spiro atoms. The van der Waals surface area contributed by atoms with Crippen molar-refractivity contribution in [3.63, 3.8) is 0 Å². The van der Waals surface area contributed by atoms with Gasteiger partial charge in [0.2, 0.25) is 5.89 Å². The van der Waals surface area contributed by atoms with Crippen molar-refractivity contribution < 1.29 is 14.6 Å². The van der Waals surface area contributed by atoms with Gasteiger partial charge in [0, 0.05) is 11.9 Å². The van der Waals surface area contributed by atoms with Gasteiger partial charge < -0.3 is 19.9 Å². The number of nitrogens with zero attached hydrogens (tertiary/aromatic N) is 2. The van der Waals surface area contributed by atoms with Gasteiger partial charge in [0.25, 0.3) is 0 Å². The van der Waals surface area contributed by atoms with Crippen LogP contribution in [0.1, 0.15) is 57.9 Å². The van der Waals surface area contributed by atoms with Crippen LogP contribution in [-0.2, 0) is 0 Å². The van der Waals surface area contributed by atoms with E-state index in [1.807, 2.05) is 13.0 Å². The zero-order valence-corrected chi connectivity index (χ0v) is 19.1. The van der Waals surface area contributed by atoms with Crippen LogP contribution >= 0.6 is 0 Å². The van der Waals surface area contributed by atoms with E-state index in [0.717, 1.165) is 29.9 Å². The summed E-state index contributed by atoms with van der Waals surface area (Å²) in [6, 6.07) is 7.25. The highest BCUT2D eigenvalue weighted by Crippen LogP contribution is 2.55. The molecule has 2 aromatic heterocycles. The molecule has 1 aromatic carbocycles. The fraction of sp³-hybridized carbons (Fsp3) is 0.538. The van der Waals surface area contributed by atoms with Gasteiger partial charge in [0.05, 0.1) is 5.56 Å². The molecule has 6 heteroatoms. The van der Waals surface area contributed by atoms with Crippen LogP contribution in [0.15, 0.2) is 34.9 Å². The number of aliphatic hydroxyl groups excluding tert-OH is 1. The second-order valence-electron chi connectivity index (χ2n) is 10.6. The lowest BCUT2D eigenvalue weighted by Crippen LogP contribution is -2.42. The average molecular weight is 436 g/mol. The van der Waals surface area contributed by atoms with Crippen LogP contribution in [0.4, 0.5) is 5.69 Å². The van der Waals surface area contributed by atoms with Gasteiger partial charge in [-0.15, -0.1) is 0 Å². The first-order chi connectivity index (χ1) is 15.3. The van der Waals surface area contributed by atoms with Gasteiger partial charge in [-0.3, -0.25) is 0 Å². The number of phenolic OH excluding ortho intramolecular Hbond substituents is 1. The fourth-order valence-corrected chi connectivity index (χ4v) is 6.72. The highest BCUT2D eigenvalue weighted by atomic mass is 16.4. The van der Waals surface area contributed by atoms with Gasteiger partial charge in [-0.2, -0.15) is 4.98 Å². The minimum Gasteiger partial charge on any atom is -0.507 e. The molecule has 2 aliphatic rings. The number of pyridine rings is 1. The number of nitrogens with one attached hydrogen (secondary N) is 1. The zero-order valence-electron chi connectivity index (χ0n) is 19.1. The monoisotopic (exact) mass is 435 g/mol. The van der Waals surface area contributed by atoms with E-state index in [4.69, 9.17) is 4.42 Å². The lowest BCUT2D eigenvalue weighted by molar-refractivity contribution is -0.0151. The molecule has 3 unspecified atom stereocenters. The average Bonchev–Trinajstić information content (AvgIpc) is 3.12. The topological polar surface area (TPSA) is 91.4 Å². The fourth-order valence-electron chi connectivity index (χ4n) is 6.72. The summed E-state index contributed by atoms with van der Waals surface area (Å²) in [7, 11) is 0. The number of phenols is 1. The van der Waals surface area contributed by atoms with Crippen molar-refractivity contribution in [3.05, 3.63) is 36.0 Å². The summed E-state index contributed by atoms with van der Waals surface area (Å²) in [5.41, 5.74) is 3.23. The Morgan fingerprint density at radius 2 is 1.94 bits per heavy atom. The summed E-state index contributed by atoms with van der Waals surface area (Å²) < 4.78 is 5.82. The highest BCUT2D eigenvalue weighted by Gasteiger charge is 2.45. The van der Waals surface area contributed by atoms with Gasteiger partial charge >= 0.3 is 0 Å². The van der Waals surface area contributed by atoms with Crippen molar-refractivity contribution in [2.75, 3.05) is 5.32 Å². The summed E-state index contributed by atoms with van der Waals surface area (Å²) in [6.07, 6.45) is 8.05.